The minimum atomic E-state index is -2.60. The van der Waals surface area contributed by atoms with Gasteiger partial charge in [-0.3, -0.25) is 4.79 Å². The molecule has 1 rings (SSSR count). The molecule has 1 aliphatic rings. The fraction of sp³-hybridized carbons (Fsp3) is 0.818. The molecule has 128 valence electrons. The third-order valence-electron chi connectivity index (χ3n) is 3.32. The van der Waals surface area contributed by atoms with Gasteiger partial charge in [-0.25, -0.2) is 4.79 Å². The first kappa shape index (κ1) is 18.7. The van der Waals surface area contributed by atoms with Crippen LogP contribution in [-0.2, 0) is 19.1 Å². The summed E-state index contributed by atoms with van der Waals surface area (Å²) in [4.78, 5) is 22.7. The van der Waals surface area contributed by atoms with Crippen LogP contribution in [0.25, 0.3) is 0 Å². The van der Waals surface area contributed by atoms with E-state index in [0.717, 1.165) is 0 Å². The lowest BCUT2D eigenvalue weighted by atomic mass is 9.89. The number of hydrogen-bond donors (Lipinski definition) is 7. The summed E-state index contributed by atoms with van der Waals surface area (Å²) in [7, 11) is 0. The van der Waals surface area contributed by atoms with E-state index in [4.69, 9.17) is 21.3 Å². The molecule has 6 atom stereocenters. The summed E-state index contributed by atoms with van der Waals surface area (Å²) >= 11 is 0. The highest BCUT2D eigenvalue weighted by Gasteiger charge is 2.56. The molecule has 0 aromatic rings. The second kappa shape index (κ2) is 7.28. The molecule has 0 aromatic carbocycles. The van der Waals surface area contributed by atoms with E-state index in [1.165, 1.54) is 0 Å². The number of aliphatic hydroxyl groups is 4. The lowest BCUT2D eigenvalue weighted by molar-refractivity contribution is -0.298. The Kier molecular flexibility index (Phi) is 6.19. The summed E-state index contributed by atoms with van der Waals surface area (Å²) in [6.45, 7) is -1.49. The van der Waals surface area contributed by atoms with Crippen LogP contribution < -0.4 is 11.5 Å². The topological polar surface area (TPSA) is 206 Å². The molecule has 1 heterocycles. The van der Waals surface area contributed by atoms with Crippen LogP contribution in [0.1, 0.15) is 6.42 Å². The van der Waals surface area contributed by atoms with Gasteiger partial charge in [0.25, 0.3) is 0 Å². The molecule has 0 spiro atoms. The van der Waals surface area contributed by atoms with Crippen molar-refractivity contribution in [3.8, 4) is 0 Å². The Balaban J connectivity index is 3.10. The first-order chi connectivity index (χ1) is 10.2. The smallest absolute Gasteiger partial charge is 0.377 e. The average Bonchev–Trinajstić information content (AvgIpc) is 2.48. The predicted octanol–water partition coefficient (Wildman–Crippen LogP) is -4.54. The van der Waals surface area contributed by atoms with Gasteiger partial charge in [0, 0.05) is 0 Å². The van der Waals surface area contributed by atoms with Gasteiger partial charge in [-0.15, -0.1) is 0 Å². The van der Waals surface area contributed by atoms with Gasteiger partial charge in [0.05, 0.1) is 31.7 Å². The highest BCUT2D eigenvalue weighted by atomic mass is 16.7. The fourth-order valence-electron chi connectivity index (χ4n) is 2.07. The van der Waals surface area contributed by atoms with E-state index < -0.39 is 67.8 Å². The number of aliphatic carboxylic acids is 1. The Bertz CT molecular complexity index is 420. The number of hydrogen-bond acceptors (Lipinski definition) is 10. The standard InChI is InChI=1S/C11H20N2O9/c12-2-6(17)21-11(10(19)20)1-4(15)7(13)9(22-11)8(18)5(16)3-14/h4-5,7-9,14-16,18H,1-3,12-13H2,(H,19,20)/t4-,5?,7+,8?,9+,11+/m0/s1. The highest BCUT2D eigenvalue weighted by Crippen LogP contribution is 2.32. The molecule has 0 aromatic heterocycles. The van der Waals surface area contributed by atoms with E-state index in [1.54, 1.807) is 0 Å². The SMILES string of the molecule is NCC(=O)O[C@]1(C(=O)O)C[C@H](O)[C@@H](N)[C@H](C(O)C(O)CO)O1. The number of rotatable bonds is 6. The van der Waals surface area contributed by atoms with Crippen LogP contribution in [0.2, 0.25) is 0 Å². The van der Waals surface area contributed by atoms with Gasteiger partial charge >= 0.3 is 17.7 Å². The normalized spacial score (nSPS) is 34.7. The number of carbonyl (C=O) groups excluding carboxylic acids is 1. The van der Waals surface area contributed by atoms with E-state index in [9.17, 15) is 30.0 Å². The molecule has 0 aliphatic carbocycles. The fourth-order valence-corrected chi connectivity index (χ4v) is 2.07. The van der Waals surface area contributed by atoms with E-state index in [-0.39, 0.29) is 0 Å². The molecule has 9 N–H and O–H groups in total. The third kappa shape index (κ3) is 3.70. The van der Waals surface area contributed by atoms with Crippen LogP contribution in [0.15, 0.2) is 0 Å². The van der Waals surface area contributed by atoms with E-state index >= 15 is 0 Å². The van der Waals surface area contributed by atoms with Gasteiger partial charge in [0.1, 0.15) is 18.3 Å². The van der Waals surface area contributed by atoms with Crippen molar-refractivity contribution >= 4 is 11.9 Å². The van der Waals surface area contributed by atoms with Gasteiger partial charge in [-0.1, -0.05) is 0 Å². The van der Waals surface area contributed by atoms with Crippen molar-refractivity contribution in [3.63, 3.8) is 0 Å². The van der Waals surface area contributed by atoms with Crippen molar-refractivity contribution in [3.05, 3.63) is 0 Å². The molecular formula is C11H20N2O9. The van der Waals surface area contributed by atoms with Crippen LogP contribution in [-0.4, -0.2) is 86.9 Å². The number of carboxylic acid groups (broad SMARTS) is 1. The minimum Gasteiger partial charge on any atom is -0.476 e. The average molecular weight is 324 g/mol. The van der Waals surface area contributed by atoms with E-state index in [1.807, 2.05) is 0 Å². The van der Waals surface area contributed by atoms with Crippen LogP contribution in [0.5, 0.6) is 0 Å². The van der Waals surface area contributed by atoms with Crippen molar-refractivity contribution in [1.82, 2.24) is 0 Å². The van der Waals surface area contributed by atoms with Crippen molar-refractivity contribution in [1.29, 1.82) is 0 Å². The maximum absolute atomic E-state index is 11.4. The third-order valence-corrected chi connectivity index (χ3v) is 3.32. The zero-order valence-corrected chi connectivity index (χ0v) is 11.5. The number of ether oxygens (including phenoxy) is 2. The monoisotopic (exact) mass is 324 g/mol. The van der Waals surface area contributed by atoms with Crippen molar-refractivity contribution in [2.24, 2.45) is 11.5 Å². The molecule has 0 amide bonds. The maximum atomic E-state index is 11.4. The van der Waals surface area contributed by atoms with Gasteiger partial charge < -0.3 is 46.5 Å². The van der Waals surface area contributed by atoms with Crippen LogP contribution in [0.4, 0.5) is 0 Å². The minimum absolute atomic E-state index is 0.632. The highest BCUT2D eigenvalue weighted by molar-refractivity contribution is 5.81. The van der Waals surface area contributed by atoms with E-state index in [2.05, 4.69) is 4.74 Å². The molecule has 11 nitrogen and oxygen atoms in total. The first-order valence-corrected chi connectivity index (χ1v) is 6.42. The molecule has 1 fully saturated rings. The summed E-state index contributed by atoms with van der Waals surface area (Å²) in [5.74, 6) is -5.45. The molecule has 0 saturated carbocycles. The molecule has 0 bridgehead atoms. The van der Waals surface area contributed by atoms with E-state index in [0.29, 0.717) is 0 Å². The number of nitrogens with two attached hydrogens (primary N) is 2. The predicted molar refractivity (Wildman–Crippen MR) is 68.1 cm³/mol. The number of carbonyl (C=O) groups is 2. The van der Waals surface area contributed by atoms with Gasteiger partial charge in [0.2, 0.25) is 0 Å². The number of carboxylic acids is 1. The molecule has 1 aliphatic heterocycles. The zero-order chi connectivity index (χ0) is 17.1. The Hall–Kier alpha value is -1.34. The van der Waals surface area contributed by atoms with Crippen molar-refractivity contribution in [2.45, 2.75) is 42.7 Å². The largest absolute Gasteiger partial charge is 0.476 e. The summed E-state index contributed by atoms with van der Waals surface area (Å²) in [5.41, 5.74) is 10.7. The first-order valence-electron chi connectivity index (χ1n) is 6.42. The number of aliphatic hydroxyl groups excluding tert-OH is 4. The van der Waals surface area contributed by atoms with Crippen LogP contribution in [0.3, 0.4) is 0 Å². The summed E-state index contributed by atoms with van der Waals surface area (Å²) in [6, 6.07) is -1.28. The number of esters is 1. The summed E-state index contributed by atoms with van der Waals surface area (Å²) in [5, 5.41) is 47.2. The molecule has 11 heteroatoms. The quantitative estimate of drug-likeness (QED) is 0.231. The molecule has 2 unspecified atom stereocenters. The van der Waals surface area contributed by atoms with Crippen molar-refractivity contribution < 1.29 is 44.6 Å². The molecular weight excluding hydrogens is 304 g/mol. The lowest BCUT2D eigenvalue weighted by Gasteiger charge is -2.44. The Morgan fingerprint density at radius 3 is 2.45 bits per heavy atom. The Labute approximate surface area is 125 Å². The maximum Gasteiger partial charge on any atom is 0.377 e. The van der Waals surface area contributed by atoms with Gasteiger partial charge in [0.15, 0.2) is 0 Å². The molecule has 22 heavy (non-hydrogen) atoms. The van der Waals surface area contributed by atoms with Crippen molar-refractivity contribution in [2.75, 3.05) is 13.2 Å². The second-order valence-corrected chi connectivity index (χ2v) is 4.91. The van der Waals surface area contributed by atoms with Gasteiger partial charge in [-0.05, 0) is 0 Å². The lowest BCUT2D eigenvalue weighted by Crippen LogP contribution is -2.66. The molecule has 1 saturated heterocycles. The molecule has 0 radical (unpaired) electrons. The van der Waals surface area contributed by atoms with Gasteiger partial charge in [-0.2, -0.15) is 0 Å². The Morgan fingerprint density at radius 1 is 1.41 bits per heavy atom. The summed E-state index contributed by atoms with van der Waals surface area (Å²) in [6.07, 6.45) is -7.31. The Morgan fingerprint density at radius 2 is 2.00 bits per heavy atom. The van der Waals surface area contributed by atoms with Crippen LogP contribution in [0, 0.1) is 0 Å². The summed E-state index contributed by atoms with van der Waals surface area (Å²) < 4.78 is 9.72. The van der Waals surface area contributed by atoms with Crippen LogP contribution >= 0.6 is 0 Å². The zero-order valence-electron chi connectivity index (χ0n) is 11.5. The second-order valence-electron chi connectivity index (χ2n) is 4.91.